The Balaban J connectivity index is 1.52. The molecule has 3 aromatic heterocycles. The van der Waals surface area contributed by atoms with Crippen LogP contribution in [0.3, 0.4) is 0 Å². The van der Waals surface area contributed by atoms with Crippen LogP contribution >= 0.6 is 0 Å². The number of furan rings is 1. The Bertz CT molecular complexity index is 2080. The van der Waals surface area contributed by atoms with Crippen molar-refractivity contribution in [1.82, 2.24) is 9.13 Å². The Labute approximate surface area is 195 Å². The molecule has 3 heteroatoms. The molecule has 3 nitrogen and oxygen atoms in total. The summed E-state index contributed by atoms with van der Waals surface area (Å²) in [5, 5.41) is 7.27. The predicted molar refractivity (Wildman–Crippen MR) is 142 cm³/mol. The SMILES string of the molecule is Cn1c2ccccc2c2ccc(-n3c4ccccc4c4c5oc6ccccc6c5ccc43)cc21. The molecule has 0 saturated carbocycles. The van der Waals surface area contributed by atoms with Crippen LogP contribution in [0.4, 0.5) is 0 Å². The van der Waals surface area contributed by atoms with Crippen molar-refractivity contribution in [1.29, 1.82) is 0 Å². The highest BCUT2D eigenvalue weighted by Crippen LogP contribution is 2.41. The second-order valence-corrected chi connectivity index (χ2v) is 9.06. The molecule has 8 aromatic rings. The van der Waals surface area contributed by atoms with E-state index >= 15 is 0 Å². The van der Waals surface area contributed by atoms with Gasteiger partial charge in [-0.2, -0.15) is 0 Å². The summed E-state index contributed by atoms with van der Waals surface area (Å²) in [6.07, 6.45) is 0. The Kier molecular flexibility index (Phi) is 3.33. The molecule has 0 bridgehead atoms. The molecular weight excluding hydrogens is 416 g/mol. The van der Waals surface area contributed by atoms with Crippen molar-refractivity contribution >= 4 is 65.6 Å². The molecule has 0 saturated heterocycles. The second kappa shape index (κ2) is 6.30. The Hall–Kier alpha value is -4.50. The Morgan fingerprint density at radius 2 is 1.21 bits per heavy atom. The molecule has 0 spiro atoms. The van der Waals surface area contributed by atoms with Gasteiger partial charge in [0.1, 0.15) is 11.2 Å². The van der Waals surface area contributed by atoms with Crippen LogP contribution in [-0.2, 0) is 7.05 Å². The minimum Gasteiger partial charge on any atom is -0.455 e. The van der Waals surface area contributed by atoms with E-state index in [4.69, 9.17) is 4.42 Å². The number of rotatable bonds is 1. The third-order valence-electron chi connectivity index (χ3n) is 7.34. The van der Waals surface area contributed by atoms with Gasteiger partial charge in [-0.3, -0.25) is 0 Å². The molecule has 34 heavy (non-hydrogen) atoms. The molecule has 0 aliphatic rings. The first kappa shape index (κ1) is 18.0. The largest absolute Gasteiger partial charge is 0.455 e. The van der Waals surface area contributed by atoms with Gasteiger partial charge in [0.15, 0.2) is 0 Å². The van der Waals surface area contributed by atoms with Crippen LogP contribution in [0.1, 0.15) is 0 Å². The molecule has 0 aliphatic heterocycles. The Morgan fingerprint density at radius 1 is 0.529 bits per heavy atom. The van der Waals surface area contributed by atoms with Gasteiger partial charge < -0.3 is 13.6 Å². The van der Waals surface area contributed by atoms with Crippen LogP contribution in [0.15, 0.2) is 108 Å². The molecule has 0 atom stereocenters. The number of nitrogens with zero attached hydrogens (tertiary/aromatic N) is 2. The number of benzene rings is 5. The maximum Gasteiger partial charge on any atom is 0.145 e. The van der Waals surface area contributed by atoms with Crippen molar-refractivity contribution in [2.24, 2.45) is 7.05 Å². The monoisotopic (exact) mass is 436 g/mol. The second-order valence-electron chi connectivity index (χ2n) is 9.06. The number of aryl methyl sites for hydroxylation is 1. The van der Waals surface area contributed by atoms with E-state index in [9.17, 15) is 0 Å². The molecule has 0 unspecified atom stereocenters. The predicted octanol–water partition coefficient (Wildman–Crippen LogP) is 8.33. The maximum atomic E-state index is 6.43. The van der Waals surface area contributed by atoms with Gasteiger partial charge in [-0.25, -0.2) is 0 Å². The molecule has 0 fully saturated rings. The third-order valence-corrected chi connectivity index (χ3v) is 7.34. The van der Waals surface area contributed by atoms with Crippen LogP contribution in [0.25, 0.3) is 71.2 Å². The van der Waals surface area contributed by atoms with E-state index in [1.807, 2.05) is 12.1 Å². The average Bonchev–Trinajstić information content (AvgIpc) is 3.52. The van der Waals surface area contributed by atoms with Gasteiger partial charge in [0.05, 0.1) is 21.9 Å². The van der Waals surface area contributed by atoms with Crippen LogP contribution in [0, 0.1) is 0 Å². The summed E-state index contributed by atoms with van der Waals surface area (Å²) in [5.41, 5.74) is 7.86. The molecule has 3 heterocycles. The minimum absolute atomic E-state index is 0.929. The number of fused-ring (bicyclic) bond motifs is 10. The highest BCUT2D eigenvalue weighted by Gasteiger charge is 2.19. The van der Waals surface area contributed by atoms with E-state index in [0.717, 1.165) is 33.1 Å². The lowest BCUT2D eigenvalue weighted by Crippen LogP contribution is -1.95. The van der Waals surface area contributed by atoms with Crippen molar-refractivity contribution in [3.8, 4) is 5.69 Å². The zero-order valence-corrected chi connectivity index (χ0v) is 18.6. The fourth-order valence-electron chi connectivity index (χ4n) is 5.80. The van der Waals surface area contributed by atoms with Gasteiger partial charge >= 0.3 is 0 Å². The summed E-state index contributed by atoms with van der Waals surface area (Å²) in [6.45, 7) is 0. The van der Waals surface area contributed by atoms with E-state index in [2.05, 4.69) is 107 Å². The first-order valence-electron chi connectivity index (χ1n) is 11.6. The number of hydrogen-bond donors (Lipinski definition) is 0. The average molecular weight is 437 g/mol. The van der Waals surface area contributed by atoms with Gasteiger partial charge in [0, 0.05) is 45.2 Å². The van der Waals surface area contributed by atoms with E-state index < -0.39 is 0 Å². The number of aromatic nitrogens is 2. The smallest absolute Gasteiger partial charge is 0.145 e. The van der Waals surface area contributed by atoms with Crippen molar-refractivity contribution in [3.63, 3.8) is 0 Å². The van der Waals surface area contributed by atoms with Crippen LogP contribution in [-0.4, -0.2) is 9.13 Å². The van der Waals surface area contributed by atoms with Gasteiger partial charge in [-0.1, -0.05) is 60.7 Å². The minimum atomic E-state index is 0.929. The normalized spacial score (nSPS) is 12.3. The molecule has 160 valence electrons. The number of para-hydroxylation sites is 3. The van der Waals surface area contributed by atoms with E-state index in [1.165, 1.54) is 38.1 Å². The number of hydrogen-bond acceptors (Lipinski definition) is 1. The van der Waals surface area contributed by atoms with E-state index in [-0.39, 0.29) is 0 Å². The quantitative estimate of drug-likeness (QED) is 0.254. The highest BCUT2D eigenvalue weighted by molar-refractivity contribution is 6.24. The highest BCUT2D eigenvalue weighted by atomic mass is 16.3. The van der Waals surface area contributed by atoms with Crippen molar-refractivity contribution in [3.05, 3.63) is 103 Å². The van der Waals surface area contributed by atoms with Crippen LogP contribution in [0.2, 0.25) is 0 Å². The van der Waals surface area contributed by atoms with Crippen molar-refractivity contribution < 1.29 is 4.42 Å². The zero-order chi connectivity index (χ0) is 22.4. The summed E-state index contributed by atoms with van der Waals surface area (Å²) >= 11 is 0. The lowest BCUT2D eigenvalue weighted by atomic mass is 10.1. The van der Waals surface area contributed by atoms with Gasteiger partial charge in [-0.05, 0) is 42.5 Å². The third kappa shape index (κ3) is 2.16. The fourth-order valence-corrected chi connectivity index (χ4v) is 5.80. The molecule has 5 aromatic carbocycles. The molecule has 0 amide bonds. The molecule has 0 N–H and O–H groups in total. The molecular formula is C31H20N2O. The summed E-state index contributed by atoms with van der Waals surface area (Å²) in [4.78, 5) is 0. The summed E-state index contributed by atoms with van der Waals surface area (Å²) in [5.74, 6) is 0. The molecule has 8 rings (SSSR count). The summed E-state index contributed by atoms with van der Waals surface area (Å²) in [6, 6.07) is 36.8. The summed E-state index contributed by atoms with van der Waals surface area (Å²) < 4.78 is 11.1. The maximum absolute atomic E-state index is 6.43. The topological polar surface area (TPSA) is 23.0 Å². The van der Waals surface area contributed by atoms with E-state index in [1.54, 1.807) is 0 Å². The molecule has 0 radical (unpaired) electrons. The van der Waals surface area contributed by atoms with Gasteiger partial charge in [0.2, 0.25) is 0 Å². The first-order chi connectivity index (χ1) is 16.8. The van der Waals surface area contributed by atoms with E-state index in [0.29, 0.717) is 0 Å². The zero-order valence-electron chi connectivity index (χ0n) is 18.6. The fraction of sp³-hybridized carbons (Fsp3) is 0.0323. The standard InChI is InChI=1S/C31H20N2O/c1-32-25-11-5-2-8-20(25)21-15-14-19(18-28(21)32)33-26-12-6-3-10-24(26)30-27(33)17-16-23-22-9-4-7-13-29(22)34-31(23)30/h2-18H,1H3. The first-order valence-corrected chi connectivity index (χ1v) is 11.6. The summed E-state index contributed by atoms with van der Waals surface area (Å²) in [7, 11) is 2.15. The van der Waals surface area contributed by atoms with Crippen molar-refractivity contribution in [2.45, 2.75) is 0 Å². The van der Waals surface area contributed by atoms with Crippen molar-refractivity contribution in [2.75, 3.05) is 0 Å². The van der Waals surface area contributed by atoms with Gasteiger partial charge in [-0.15, -0.1) is 0 Å². The van der Waals surface area contributed by atoms with Crippen LogP contribution in [0.5, 0.6) is 0 Å². The lowest BCUT2D eigenvalue weighted by Gasteiger charge is -2.09. The van der Waals surface area contributed by atoms with Crippen LogP contribution < -0.4 is 0 Å². The van der Waals surface area contributed by atoms with Gasteiger partial charge in [0.25, 0.3) is 0 Å². The lowest BCUT2D eigenvalue weighted by molar-refractivity contribution is 0.673. The molecule has 0 aliphatic carbocycles. The Morgan fingerprint density at radius 3 is 2.09 bits per heavy atom.